The van der Waals surface area contributed by atoms with Crippen LogP contribution in [0.25, 0.3) is 0 Å². The lowest BCUT2D eigenvalue weighted by molar-refractivity contribution is -0.141. The van der Waals surface area contributed by atoms with Crippen LogP contribution in [0.4, 0.5) is 19.1 Å². The van der Waals surface area contributed by atoms with E-state index in [1.165, 1.54) is 12.8 Å². The van der Waals surface area contributed by atoms with Gasteiger partial charge in [0.25, 0.3) is 0 Å². The van der Waals surface area contributed by atoms with Crippen molar-refractivity contribution in [3.8, 4) is 0 Å². The Bertz CT molecular complexity index is 533. The lowest BCUT2D eigenvalue weighted by Gasteiger charge is -2.42. The fraction of sp³-hybridized carbons (Fsp3) is 0.733. The molecule has 0 unspecified atom stereocenters. The number of hydrogen-bond acceptors (Lipinski definition) is 4. The third kappa shape index (κ3) is 3.34. The maximum atomic E-state index is 12.8. The fourth-order valence-electron chi connectivity index (χ4n) is 3.33. The van der Waals surface area contributed by atoms with Gasteiger partial charge in [-0.2, -0.15) is 13.2 Å². The molecule has 1 aliphatic heterocycles. The normalized spacial score (nSPS) is 26.3. The van der Waals surface area contributed by atoms with Crippen molar-refractivity contribution in [2.24, 2.45) is 11.3 Å². The molecule has 2 fully saturated rings. The highest BCUT2D eigenvalue weighted by Gasteiger charge is 2.41. The highest BCUT2D eigenvalue weighted by atomic mass is 19.4. The Kier molecular flexibility index (Phi) is 4.01. The smallest absolute Gasteiger partial charge is 0.396 e. The van der Waals surface area contributed by atoms with Crippen LogP contribution in [0, 0.1) is 11.3 Å². The number of aliphatic hydroxyl groups excluding tert-OH is 1. The molecule has 3 rings (SSSR count). The van der Waals surface area contributed by atoms with Crippen molar-refractivity contribution < 1.29 is 18.3 Å². The van der Waals surface area contributed by atoms with Crippen LogP contribution in [0.5, 0.6) is 0 Å². The molecule has 1 aromatic heterocycles. The molecule has 2 aliphatic rings. The van der Waals surface area contributed by atoms with Crippen molar-refractivity contribution in [1.82, 2.24) is 9.97 Å². The number of aliphatic hydroxyl groups is 1. The molecule has 4 nitrogen and oxygen atoms in total. The molecule has 1 saturated carbocycles. The van der Waals surface area contributed by atoms with Gasteiger partial charge in [0.2, 0.25) is 5.95 Å². The summed E-state index contributed by atoms with van der Waals surface area (Å²) in [5.74, 6) is 0.776. The first-order valence-electron chi connectivity index (χ1n) is 7.68. The van der Waals surface area contributed by atoms with Crippen molar-refractivity contribution >= 4 is 5.95 Å². The maximum Gasteiger partial charge on any atom is 0.433 e. The number of hydrogen-bond donors (Lipinski definition) is 1. The Labute approximate surface area is 127 Å². The van der Waals surface area contributed by atoms with E-state index < -0.39 is 11.9 Å². The quantitative estimate of drug-likeness (QED) is 0.928. The van der Waals surface area contributed by atoms with E-state index in [0.29, 0.717) is 19.0 Å². The van der Waals surface area contributed by atoms with Crippen molar-refractivity contribution in [3.05, 3.63) is 18.0 Å². The van der Waals surface area contributed by atoms with Gasteiger partial charge in [-0.3, -0.25) is 0 Å². The second-order valence-electron chi connectivity index (χ2n) is 6.57. The van der Waals surface area contributed by atoms with Gasteiger partial charge in [0.05, 0.1) is 6.61 Å². The first kappa shape index (κ1) is 15.5. The van der Waals surface area contributed by atoms with Crippen LogP contribution in [0.3, 0.4) is 0 Å². The lowest BCUT2D eigenvalue weighted by atomic mass is 9.76. The molecule has 0 aromatic carbocycles. The zero-order valence-corrected chi connectivity index (χ0v) is 12.3. The molecule has 122 valence electrons. The molecule has 7 heteroatoms. The molecule has 1 aliphatic carbocycles. The van der Waals surface area contributed by atoms with E-state index >= 15 is 0 Å². The molecule has 0 bridgehead atoms. The minimum absolute atomic E-state index is 0.0684. The third-order valence-corrected chi connectivity index (χ3v) is 4.63. The Hall–Kier alpha value is -1.37. The molecular formula is C15H20F3N3O. The van der Waals surface area contributed by atoms with E-state index in [-0.39, 0.29) is 18.0 Å². The number of aromatic nitrogens is 2. The first-order chi connectivity index (χ1) is 10.4. The van der Waals surface area contributed by atoms with Crippen molar-refractivity contribution in [2.75, 3.05) is 24.6 Å². The Morgan fingerprint density at radius 2 is 2.14 bits per heavy atom. The topological polar surface area (TPSA) is 49.2 Å². The standard InChI is InChI=1S/C15H20F3N3O/c16-15(17,18)12-4-6-19-13(20-12)21-7-1-5-14(9-21,10-22)8-11-2-3-11/h4,6,11,22H,1-3,5,7-10H2/t14-/m0/s1. The van der Waals surface area contributed by atoms with Gasteiger partial charge in [0.1, 0.15) is 5.69 Å². The lowest BCUT2D eigenvalue weighted by Crippen LogP contribution is -2.46. The molecule has 0 amide bonds. The molecule has 0 spiro atoms. The molecule has 1 atom stereocenters. The second kappa shape index (κ2) is 5.68. The maximum absolute atomic E-state index is 12.8. The number of halogens is 3. The van der Waals surface area contributed by atoms with E-state index in [2.05, 4.69) is 9.97 Å². The van der Waals surface area contributed by atoms with Crippen LogP contribution in [-0.4, -0.2) is 34.8 Å². The van der Waals surface area contributed by atoms with Crippen LogP contribution in [-0.2, 0) is 6.18 Å². The molecule has 0 radical (unpaired) electrons. The van der Waals surface area contributed by atoms with Crippen LogP contribution in [0.1, 0.15) is 37.8 Å². The van der Waals surface area contributed by atoms with Crippen LogP contribution in [0.15, 0.2) is 12.3 Å². The van der Waals surface area contributed by atoms with E-state index in [1.54, 1.807) is 4.90 Å². The predicted octanol–water partition coefficient (Wildman–Crippen LogP) is 2.87. The van der Waals surface area contributed by atoms with Gasteiger partial charge >= 0.3 is 6.18 Å². The summed E-state index contributed by atoms with van der Waals surface area (Å²) < 4.78 is 38.4. The van der Waals surface area contributed by atoms with E-state index in [4.69, 9.17) is 0 Å². The monoisotopic (exact) mass is 315 g/mol. The highest BCUT2D eigenvalue weighted by Crippen LogP contribution is 2.44. The molecule has 1 saturated heterocycles. The minimum atomic E-state index is -4.46. The zero-order chi connectivity index (χ0) is 15.8. The SMILES string of the molecule is OC[C@]1(CC2CC2)CCCN(c2nccc(C(F)(F)F)n2)C1. The van der Waals surface area contributed by atoms with Gasteiger partial charge in [0.15, 0.2) is 0 Å². The van der Waals surface area contributed by atoms with E-state index in [9.17, 15) is 18.3 Å². The molecule has 1 aromatic rings. The van der Waals surface area contributed by atoms with Gasteiger partial charge in [-0.05, 0) is 31.2 Å². The number of anilines is 1. The molecule has 22 heavy (non-hydrogen) atoms. The largest absolute Gasteiger partial charge is 0.433 e. The number of piperidine rings is 1. The van der Waals surface area contributed by atoms with E-state index in [1.807, 2.05) is 0 Å². The van der Waals surface area contributed by atoms with Gasteiger partial charge in [-0.25, -0.2) is 9.97 Å². The summed E-state index contributed by atoms with van der Waals surface area (Å²) in [6, 6.07) is 0.886. The van der Waals surface area contributed by atoms with Crippen LogP contribution >= 0.6 is 0 Å². The summed E-state index contributed by atoms with van der Waals surface area (Å²) in [6.45, 7) is 1.23. The summed E-state index contributed by atoms with van der Waals surface area (Å²) in [4.78, 5) is 9.46. The fourth-order valence-corrected chi connectivity index (χ4v) is 3.33. The van der Waals surface area contributed by atoms with Gasteiger partial charge in [-0.15, -0.1) is 0 Å². The second-order valence-corrected chi connectivity index (χ2v) is 6.57. The minimum Gasteiger partial charge on any atom is -0.396 e. The number of alkyl halides is 3. The number of nitrogens with zero attached hydrogens (tertiary/aromatic N) is 3. The molecular weight excluding hydrogens is 295 g/mol. The van der Waals surface area contributed by atoms with Crippen LogP contribution < -0.4 is 4.90 Å². The van der Waals surface area contributed by atoms with Crippen molar-refractivity contribution in [3.63, 3.8) is 0 Å². The van der Waals surface area contributed by atoms with Crippen molar-refractivity contribution in [2.45, 2.75) is 38.3 Å². The Morgan fingerprint density at radius 3 is 2.77 bits per heavy atom. The van der Waals surface area contributed by atoms with Crippen LogP contribution in [0.2, 0.25) is 0 Å². The average molecular weight is 315 g/mol. The van der Waals surface area contributed by atoms with Gasteiger partial charge < -0.3 is 10.0 Å². The van der Waals surface area contributed by atoms with Gasteiger partial charge in [0, 0.05) is 24.7 Å². The Morgan fingerprint density at radius 1 is 1.36 bits per heavy atom. The molecule has 2 heterocycles. The van der Waals surface area contributed by atoms with E-state index in [0.717, 1.165) is 31.5 Å². The van der Waals surface area contributed by atoms with Crippen molar-refractivity contribution in [1.29, 1.82) is 0 Å². The summed E-state index contributed by atoms with van der Waals surface area (Å²) >= 11 is 0. The third-order valence-electron chi connectivity index (χ3n) is 4.63. The first-order valence-corrected chi connectivity index (χ1v) is 7.68. The Balaban J connectivity index is 1.79. The summed E-state index contributed by atoms with van der Waals surface area (Å²) in [5.41, 5.74) is -1.14. The summed E-state index contributed by atoms with van der Waals surface area (Å²) in [6.07, 6.45) is 1.78. The average Bonchev–Trinajstić information content (AvgIpc) is 3.30. The zero-order valence-electron chi connectivity index (χ0n) is 12.3. The van der Waals surface area contributed by atoms with Gasteiger partial charge in [-0.1, -0.05) is 12.8 Å². The highest BCUT2D eigenvalue weighted by molar-refractivity contribution is 5.32. The number of rotatable bonds is 4. The predicted molar refractivity (Wildman–Crippen MR) is 75.3 cm³/mol. The molecule has 1 N–H and O–H groups in total. The summed E-state index contributed by atoms with van der Waals surface area (Å²) in [5, 5.41) is 9.82. The summed E-state index contributed by atoms with van der Waals surface area (Å²) in [7, 11) is 0.